The number of pyridine rings is 1. The summed E-state index contributed by atoms with van der Waals surface area (Å²) in [4.78, 5) is 21.5. The van der Waals surface area contributed by atoms with Gasteiger partial charge in [0.2, 0.25) is 0 Å². The fourth-order valence-corrected chi connectivity index (χ4v) is 3.65. The van der Waals surface area contributed by atoms with Crippen molar-refractivity contribution in [2.24, 2.45) is 0 Å². The topological polar surface area (TPSA) is 81.1 Å². The van der Waals surface area contributed by atoms with Crippen molar-refractivity contribution in [3.05, 3.63) is 60.0 Å². The normalized spacial score (nSPS) is 16.2. The van der Waals surface area contributed by atoms with Crippen LogP contribution in [0.15, 0.2) is 48.9 Å². The third kappa shape index (κ3) is 3.90. The summed E-state index contributed by atoms with van der Waals surface area (Å²) in [6, 6.07) is 12.0. The van der Waals surface area contributed by atoms with E-state index in [1.165, 1.54) is 5.56 Å². The lowest BCUT2D eigenvalue weighted by atomic mass is 9.92. The number of nitrogens with zero attached hydrogens (tertiary/aromatic N) is 3. The maximum Gasteiger partial charge on any atom is 0.253 e. The summed E-state index contributed by atoms with van der Waals surface area (Å²) < 4.78 is 7.70. The van der Waals surface area contributed by atoms with Crippen LogP contribution in [0.25, 0.3) is 11.2 Å². The second kappa shape index (κ2) is 8.08. The van der Waals surface area contributed by atoms with Crippen molar-refractivity contribution in [1.29, 1.82) is 0 Å². The number of aromatic nitrogens is 3. The number of carbonyl (C=O) groups is 1. The molecule has 146 valence electrons. The molecular formula is C21H25N5O2. The molecule has 3 aromatic rings. The van der Waals surface area contributed by atoms with Crippen LogP contribution >= 0.6 is 0 Å². The lowest BCUT2D eigenvalue weighted by Crippen LogP contribution is -2.50. The van der Waals surface area contributed by atoms with E-state index < -0.39 is 0 Å². The maximum absolute atomic E-state index is 12.6. The highest BCUT2D eigenvalue weighted by Crippen LogP contribution is 2.21. The molecule has 7 heteroatoms. The Kier molecular flexibility index (Phi) is 5.36. The third-order valence-corrected chi connectivity index (χ3v) is 5.43. The van der Waals surface area contributed by atoms with Gasteiger partial charge in [-0.25, -0.2) is 9.97 Å². The molecule has 1 fully saturated rings. The van der Waals surface area contributed by atoms with Gasteiger partial charge in [0.25, 0.3) is 5.91 Å². The minimum Gasteiger partial charge on any atom is -0.376 e. The second-order valence-electron chi connectivity index (χ2n) is 7.24. The van der Waals surface area contributed by atoms with Gasteiger partial charge in [-0.15, -0.1) is 0 Å². The Balaban J connectivity index is 1.46. The zero-order chi connectivity index (χ0) is 19.4. The molecule has 0 aliphatic carbocycles. The summed E-state index contributed by atoms with van der Waals surface area (Å²) in [5.41, 5.74) is 2.88. The van der Waals surface area contributed by atoms with Gasteiger partial charge in [0, 0.05) is 19.9 Å². The number of ether oxygens (including phenoxy) is 1. The molecule has 7 nitrogen and oxygen atoms in total. The molecule has 2 aromatic heterocycles. The van der Waals surface area contributed by atoms with Crippen LogP contribution in [0.4, 0.5) is 0 Å². The smallest absolute Gasteiger partial charge is 0.253 e. The third-order valence-electron chi connectivity index (χ3n) is 5.43. The minimum absolute atomic E-state index is 0.151. The molecule has 2 N–H and O–H groups in total. The first kappa shape index (κ1) is 18.6. The maximum atomic E-state index is 12.6. The number of hydrogen-bond acceptors (Lipinski definition) is 5. The highest BCUT2D eigenvalue weighted by molar-refractivity contribution is 5.96. The van der Waals surface area contributed by atoms with Gasteiger partial charge >= 0.3 is 0 Å². The first-order valence-electron chi connectivity index (χ1n) is 9.58. The Labute approximate surface area is 164 Å². The van der Waals surface area contributed by atoms with E-state index in [9.17, 15) is 4.79 Å². The van der Waals surface area contributed by atoms with E-state index in [2.05, 4.69) is 32.7 Å². The molecule has 1 aromatic carbocycles. The molecule has 1 amide bonds. The zero-order valence-corrected chi connectivity index (χ0v) is 16.0. The van der Waals surface area contributed by atoms with Crippen molar-refractivity contribution in [2.75, 3.05) is 26.7 Å². The molecule has 28 heavy (non-hydrogen) atoms. The summed E-state index contributed by atoms with van der Waals surface area (Å²) in [7, 11) is 1.71. The standard InChI is InChI=1S/C21H25N5O2/c1-28-21(7-9-22-10-8-21)14-24-20(27)17-11-18-19(23-12-17)26(15-25-18)13-16-5-3-2-4-6-16/h2-6,11-12,15,22H,7-10,13-14H2,1H3,(H,24,27). The minimum atomic E-state index is -0.296. The van der Waals surface area contributed by atoms with Crippen molar-refractivity contribution in [1.82, 2.24) is 25.2 Å². The zero-order valence-electron chi connectivity index (χ0n) is 16.0. The SMILES string of the molecule is COC1(CNC(=O)c2cnc3c(c2)ncn3Cc2ccccc2)CCNCC1. The van der Waals surface area contributed by atoms with E-state index in [0.717, 1.165) is 31.6 Å². The number of carbonyl (C=O) groups excluding carboxylic acids is 1. The van der Waals surface area contributed by atoms with Crippen molar-refractivity contribution in [3.63, 3.8) is 0 Å². The molecule has 1 aliphatic heterocycles. The number of piperidine rings is 1. The lowest BCUT2D eigenvalue weighted by molar-refractivity contribution is -0.0312. The molecule has 0 saturated carbocycles. The van der Waals surface area contributed by atoms with Crippen LogP contribution in [0.5, 0.6) is 0 Å². The Morgan fingerprint density at radius 3 is 2.79 bits per heavy atom. The summed E-state index contributed by atoms with van der Waals surface area (Å²) in [6.45, 7) is 2.98. The van der Waals surface area contributed by atoms with Gasteiger partial charge < -0.3 is 19.9 Å². The van der Waals surface area contributed by atoms with Gasteiger partial charge in [-0.3, -0.25) is 4.79 Å². The first-order valence-corrected chi connectivity index (χ1v) is 9.58. The van der Waals surface area contributed by atoms with Crippen LogP contribution in [-0.2, 0) is 11.3 Å². The van der Waals surface area contributed by atoms with E-state index in [4.69, 9.17) is 4.74 Å². The predicted octanol–water partition coefficient (Wildman–Crippen LogP) is 1.98. The van der Waals surface area contributed by atoms with Gasteiger partial charge in [-0.05, 0) is 37.6 Å². The van der Waals surface area contributed by atoms with Crippen LogP contribution in [0.3, 0.4) is 0 Å². The Morgan fingerprint density at radius 1 is 1.25 bits per heavy atom. The first-order chi connectivity index (χ1) is 13.7. The molecule has 3 heterocycles. The number of fused-ring (bicyclic) bond motifs is 1. The fraction of sp³-hybridized carbons (Fsp3) is 0.381. The molecule has 0 atom stereocenters. The molecule has 0 radical (unpaired) electrons. The number of imidazole rings is 1. The van der Waals surface area contributed by atoms with Gasteiger partial charge in [-0.1, -0.05) is 30.3 Å². The Hall–Kier alpha value is -2.77. The molecular weight excluding hydrogens is 354 g/mol. The van der Waals surface area contributed by atoms with E-state index >= 15 is 0 Å². The monoisotopic (exact) mass is 379 g/mol. The number of benzene rings is 1. The second-order valence-corrected chi connectivity index (χ2v) is 7.24. The molecule has 1 aliphatic rings. The van der Waals surface area contributed by atoms with Crippen molar-refractivity contribution < 1.29 is 9.53 Å². The largest absolute Gasteiger partial charge is 0.376 e. The van der Waals surface area contributed by atoms with Gasteiger partial charge in [0.1, 0.15) is 5.52 Å². The number of rotatable bonds is 6. The van der Waals surface area contributed by atoms with Gasteiger partial charge in [-0.2, -0.15) is 0 Å². The van der Waals surface area contributed by atoms with Gasteiger partial charge in [0.15, 0.2) is 5.65 Å². The summed E-state index contributed by atoms with van der Waals surface area (Å²) in [6.07, 6.45) is 5.14. The molecule has 0 spiro atoms. The van der Waals surface area contributed by atoms with E-state index in [1.807, 2.05) is 22.8 Å². The van der Waals surface area contributed by atoms with E-state index in [-0.39, 0.29) is 11.5 Å². The van der Waals surface area contributed by atoms with Crippen LogP contribution < -0.4 is 10.6 Å². The molecule has 1 saturated heterocycles. The van der Waals surface area contributed by atoms with Gasteiger partial charge in [0.05, 0.1) is 24.0 Å². The van der Waals surface area contributed by atoms with E-state index in [1.54, 1.807) is 25.7 Å². The van der Waals surface area contributed by atoms with Crippen LogP contribution in [-0.4, -0.2) is 52.8 Å². The van der Waals surface area contributed by atoms with Crippen LogP contribution in [0.1, 0.15) is 28.8 Å². The number of hydrogen-bond donors (Lipinski definition) is 2. The van der Waals surface area contributed by atoms with E-state index in [0.29, 0.717) is 24.2 Å². The highest BCUT2D eigenvalue weighted by Gasteiger charge is 2.32. The highest BCUT2D eigenvalue weighted by atomic mass is 16.5. The molecule has 4 rings (SSSR count). The fourth-order valence-electron chi connectivity index (χ4n) is 3.65. The number of methoxy groups -OCH3 is 1. The average Bonchev–Trinajstić information content (AvgIpc) is 3.15. The lowest BCUT2D eigenvalue weighted by Gasteiger charge is -2.36. The summed E-state index contributed by atoms with van der Waals surface area (Å²) >= 11 is 0. The van der Waals surface area contributed by atoms with Crippen LogP contribution in [0.2, 0.25) is 0 Å². The number of amides is 1. The Bertz CT molecular complexity index is 948. The predicted molar refractivity (Wildman–Crippen MR) is 107 cm³/mol. The summed E-state index contributed by atoms with van der Waals surface area (Å²) in [5.74, 6) is -0.151. The van der Waals surface area contributed by atoms with Crippen molar-refractivity contribution in [2.45, 2.75) is 25.0 Å². The average molecular weight is 379 g/mol. The van der Waals surface area contributed by atoms with Crippen molar-refractivity contribution in [3.8, 4) is 0 Å². The van der Waals surface area contributed by atoms with Crippen molar-refractivity contribution >= 4 is 17.1 Å². The Morgan fingerprint density at radius 2 is 2.04 bits per heavy atom. The number of nitrogens with one attached hydrogen (secondary N) is 2. The molecule has 0 unspecified atom stereocenters. The molecule has 0 bridgehead atoms. The quantitative estimate of drug-likeness (QED) is 0.684. The van der Waals surface area contributed by atoms with Crippen LogP contribution in [0, 0.1) is 0 Å². The summed E-state index contributed by atoms with van der Waals surface area (Å²) in [5, 5.41) is 6.33.